The number of ether oxygens (including phenoxy) is 1. The smallest absolute Gasteiger partial charge is 0.118 e. The number of benzene rings is 2. The van der Waals surface area contributed by atoms with E-state index >= 15 is 0 Å². The van der Waals surface area contributed by atoms with Gasteiger partial charge in [-0.2, -0.15) is 0 Å². The Morgan fingerprint density at radius 1 is 1.00 bits per heavy atom. The SMILES string of the molecule is CCN(Cc1ccccc1)C(C)c1ccc(OC)cc1. The van der Waals surface area contributed by atoms with Crippen molar-refractivity contribution in [1.29, 1.82) is 0 Å². The molecule has 2 aromatic rings. The predicted molar refractivity (Wildman–Crippen MR) is 83.9 cm³/mol. The van der Waals surface area contributed by atoms with Crippen LogP contribution in [0.25, 0.3) is 0 Å². The van der Waals surface area contributed by atoms with Crippen molar-refractivity contribution in [3.05, 3.63) is 65.7 Å². The first-order valence-electron chi connectivity index (χ1n) is 7.16. The Balaban J connectivity index is 2.09. The van der Waals surface area contributed by atoms with Crippen molar-refractivity contribution >= 4 is 0 Å². The van der Waals surface area contributed by atoms with Crippen molar-refractivity contribution in [3.63, 3.8) is 0 Å². The lowest BCUT2D eigenvalue weighted by Gasteiger charge is -2.28. The van der Waals surface area contributed by atoms with E-state index in [0.717, 1.165) is 18.8 Å². The molecular weight excluding hydrogens is 246 g/mol. The summed E-state index contributed by atoms with van der Waals surface area (Å²) < 4.78 is 5.22. The summed E-state index contributed by atoms with van der Waals surface area (Å²) in [5.74, 6) is 0.909. The van der Waals surface area contributed by atoms with Crippen LogP contribution in [0.15, 0.2) is 54.6 Å². The zero-order valence-corrected chi connectivity index (χ0v) is 12.5. The zero-order chi connectivity index (χ0) is 14.4. The number of nitrogens with zero attached hydrogens (tertiary/aromatic N) is 1. The molecule has 0 saturated heterocycles. The third kappa shape index (κ3) is 3.61. The van der Waals surface area contributed by atoms with Crippen LogP contribution in [0.3, 0.4) is 0 Å². The van der Waals surface area contributed by atoms with Gasteiger partial charge in [-0.05, 0) is 36.7 Å². The third-order valence-electron chi connectivity index (χ3n) is 3.78. The normalized spacial score (nSPS) is 12.4. The molecule has 0 aliphatic carbocycles. The standard InChI is InChI=1S/C18H23NO/c1-4-19(14-16-8-6-5-7-9-16)15(2)17-10-12-18(20-3)13-11-17/h5-13,15H,4,14H2,1-3H3. The molecule has 2 nitrogen and oxygen atoms in total. The average Bonchev–Trinajstić information content (AvgIpc) is 2.53. The molecule has 2 aromatic carbocycles. The summed E-state index contributed by atoms with van der Waals surface area (Å²) in [6, 6.07) is 19.4. The fourth-order valence-electron chi connectivity index (χ4n) is 2.43. The molecule has 0 fully saturated rings. The van der Waals surface area contributed by atoms with Crippen LogP contribution in [-0.2, 0) is 6.54 Å². The van der Waals surface area contributed by atoms with Crippen molar-refractivity contribution in [3.8, 4) is 5.75 Å². The van der Waals surface area contributed by atoms with Crippen molar-refractivity contribution in [1.82, 2.24) is 4.90 Å². The molecule has 106 valence electrons. The molecule has 0 radical (unpaired) electrons. The van der Waals surface area contributed by atoms with Gasteiger partial charge >= 0.3 is 0 Å². The Hall–Kier alpha value is -1.80. The van der Waals surface area contributed by atoms with Crippen LogP contribution in [0, 0.1) is 0 Å². The maximum Gasteiger partial charge on any atom is 0.118 e. The predicted octanol–water partition coefficient (Wildman–Crippen LogP) is 4.28. The molecule has 0 N–H and O–H groups in total. The molecule has 0 aliphatic heterocycles. The molecule has 1 unspecified atom stereocenters. The van der Waals surface area contributed by atoms with Gasteiger partial charge in [0.2, 0.25) is 0 Å². The Morgan fingerprint density at radius 2 is 1.65 bits per heavy atom. The molecule has 2 rings (SSSR count). The summed E-state index contributed by atoms with van der Waals surface area (Å²) in [7, 11) is 1.70. The fraction of sp³-hybridized carbons (Fsp3) is 0.333. The largest absolute Gasteiger partial charge is 0.497 e. The van der Waals surface area contributed by atoms with Crippen LogP contribution in [0.4, 0.5) is 0 Å². The minimum atomic E-state index is 0.395. The van der Waals surface area contributed by atoms with E-state index in [1.807, 2.05) is 12.1 Å². The van der Waals surface area contributed by atoms with Crippen molar-refractivity contribution < 1.29 is 4.74 Å². The monoisotopic (exact) mass is 269 g/mol. The molecule has 0 heterocycles. The van der Waals surface area contributed by atoms with Crippen LogP contribution >= 0.6 is 0 Å². The molecule has 0 spiro atoms. The molecule has 0 saturated carbocycles. The van der Waals surface area contributed by atoms with Gasteiger partial charge in [0, 0.05) is 12.6 Å². The lowest BCUT2D eigenvalue weighted by atomic mass is 10.1. The second-order valence-electron chi connectivity index (χ2n) is 5.00. The Labute approximate surface area is 122 Å². The molecular formula is C18H23NO. The summed E-state index contributed by atoms with van der Waals surface area (Å²) in [5.41, 5.74) is 2.68. The van der Waals surface area contributed by atoms with E-state index < -0.39 is 0 Å². The number of rotatable bonds is 6. The van der Waals surface area contributed by atoms with Gasteiger partial charge < -0.3 is 4.74 Å². The van der Waals surface area contributed by atoms with Gasteiger partial charge in [0.1, 0.15) is 5.75 Å². The molecule has 0 bridgehead atoms. The first kappa shape index (κ1) is 14.6. The minimum absolute atomic E-state index is 0.395. The van der Waals surface area contributed by atoms with Gasteiger partial charge in [0.25, 0.3) is 0 Å². The Bertz CT molecular complexity index is 507. The van der Waals surface area contributed by atoms with E-state index in [4.69, 9.17) is 4.74 Å². The fourth-order valence-corrected chi connectivity index (χ4v) is 2.43. The quantitative estimate of drug-likeness (QED) is 0.776. The van der Waals surface area contributed by atoms with E-state index in [1.165, 1.54) is 11.1 Å². The first-order chi connectivity index (χ1) is 9.74. The Morgan fingerprint density at radius 3 is 2.20 bits per heavy atom. The number of hydrogen-bond acceptors (Lipinski definition) is 2. The molecule has 2 heteroatoms. The van der Waals surface area contributed by atoms with Gasteiger partial charge in [-0.15, -0.1) is 0 Å². The molecule has 0 aromatic heterocycles. The highest BCUT2D eigenvalue weighted by atomic mass is 16.5. The summed E-state index contributed by atoms with van der Waals surface area (Å²) in [5, 5.41) is 0. The summed E-state index contributed by atoms with van der Waals surface area (Å²) in [4.78, 5) is 2.47. The van der Waals surface area contributed by atoms with Gasteiger partial charge in [0.05, 0.1) is 7.11 Å². The third-order valence-corrected chi connectivity index (χ3v) is 3.78. The van der Waals surface area contributed by atoms with E-state index in [2.05, 4.69) is 61.2 Å². The highest BCUT2D eigenvalue weighted by Gasteiger charge is 2.14. The highest BCUT2D eigenvalue weighted by Crippen LogP contribution is 2.24. The molecule has 0 aliphatic rings. The molecule has 1 atom stereocenters. The first-order valence-corrected chi connectivity index (χ1v) is 7.16. The highest BCUT2D eigenvalue weighted by molar-refractivity contribution is 5.29. The maximum atomic E-state index is 5.22. The average molecular weight is 269 g/mol. The van der Waals surface area contributed by atoms with E-state index in [9.17, 15) is 0 Å². The lowest BCUT2D eigenvalue weighted by molar-refractivity contribution is 0.213. The van der Waals surface area contributed by atoms with Crippen molar-refractivity contribution in [2.24, 2.45) is 0 Å². The maximum absolute atomic E-state index is 5.22. The van der Waals surface area contributed by atoms with Crippen molar-refractivity contribution in [2.75, 3.05) is 13.7 Å². The van der Waals surface area contributed by atoms with E-state index in [0.29, 0.717) is 6.04 Å². The second-order valence-corrected chi connectivity index (χ2v) is 5.00. The van der Waals surface area contributed by atoms with Crippen LogP contribution in [0.5, 0.6) is 5.75 Å². The molecule has 20 heavy (non-hydrogen) atoms. The second kappa shape index (κ2) is 7.11. The zero-order valence-electron chi connectivity index (χ0n) is 12.5. The number of methoxy groups -OCH3 is 1. The summed E-state index contributed by atoms with van der Waals surface area (Å²) >= 11 is 0. The van der Waals surface area contributed by atoms with Crippen LogP contribution in [0.2, 0.25) is 0 Å². The van der Waals surface area contributed by atoms with Gasteiger partial charge in [-0.1, -0.05) is 49.4 Å². The minimum Gasteiger partial charge on any atom is -0.497 e. The van der Waals surface area contributed by atoms with Crippen LogP contribution in [-0.4, -0.2) is 18.6 Å². The lowest BCUT2D eigenvalue weighted by Crippen LogP contribution is -2.26. The van der Waals surface area contributed by atoms with Crippen molar-refractivity contribution in [2.45, 2.75) is 26.4 Å². The topological polar surface area (TPSA) is 12.5 Å². The van der Waals surface area contributed by atoms with Gasteiger partial charge in [-0.25, -0.2) is 0 Å². The van der Waals surface area contributed by atoms with Crippen LogP contribution in [0.1, 0.15) is 31.0 Å². The van der Waals surface area contributed by atoms with E-state index in [1.54, 1.807) is 7.11 Å². The summed E-state index contributed by atoms with van der Waals surface area (Å²) in [6.45, 7) is 6.48. The van der Waals surface area contributed by atoms with Crippen LogP contribution < -0.4 is 4.74 Å². The van der Waals surface area contributed by atoms with Gasteiger partial charge in [0.15, 0.2) is 0 Å². The molecule has 0 amide bonds. The van der Waals surface area contributed by atoms with E-state index in [-0.39, 0.29) is 0 Å². The summed E-state index contributed by atoms with van der Waals surface area (Å²) in [6.07, 6.45) is 0. The van der Waals surface area contributed by atoms with Gasteiger partial charge in [-0.3, -0.25) is 4.90 Å². The number of hydrogen-bond donors (Lipinski definition) is 0. The Kier molecular flexibility index (Phi) is 5.19.